The fourth-order valence-electron chi connectivity index (χ4n) is 1.91. The lowest BCUT2D eigenvalue weighted by Crippen LogP contribution is -2.25. The minimum Gasteiger partial charge on any atom is -0.493 e. The minimum absolute atomic E-state index is 0.217. The van der Waals surface area contributed by atoms with Gasteiger partial charge >= 0.3 is 16.9 Å². The van der Waals surface area contributed by atoms with E-state index >= 15 is 0 Å². The van der Waals surface area contributed by atoms with Gasteiger partial charge in [-0.3, -0.25) is 19.9 Å². The molecule has 0 saturated carbocycles. The Morgan fingerprint density at radius 3 is 2.70 bits per heavy atom. The number of ether oxygens (including phenoxy) is 1. The maximum Gasteiger partial charge on any atom is 0.357 e. The predicted octanol–water partition coefficient (Wildman–Crippen LogP) is 2.19. The van der Waals surface area contributed by atoms with Gasteiger partial charge in [0.15, 0.2) is 0 Å². The van der Waals surface area contributed by atoms with Crippen LogP contribution in [0.2, 0.25) is 5.02 Å². The molecular weight excluding hydrogens is 326 g/mol. The molecule has 0 amide bonds. The molecule has 2 rings (SSSR count). The van der Waals surface area contributed by atoms with Crippen LogP contribution in [0.5, 0.6) is 5.75 Å². The molecule has 0 aliphatic rings. The normalized spacial score (nSPS) is 10.9. The fourth-order valence-corrected chi connectivity index (χ4v) is 2.09. The number of rotatable bonds is 5. The van der Waals surface area contributed by atoms with Gasteiger partial charge in [-0.25, -0.2) is 4.79 Å². The van der Waals surface area contributed by atoms with Crippen molar-refractivity contribution in [2.45, 2.75) is 6.92 Å². The molecule has 0 spiro atoms. The number of benzene rings is 1. The highest BCUT2D eigenvalue weighted by Gasteiger charge is 2.18. The van der Waals surface area contributed by atoms with E-state index in [-0.39, 0.29) is 5.69 Å². The molecule has 0 unspecified atom stereocenters. The summed E-state index contributed by atoms with van der Waals surface area (Å²) < 4.78 is 5.42. The largest absolute Gasteiger partial charge is 0.493 e. The van der Waals surface area contributed by atoms with E-state index in [9.17, 15) is 19.7 Å². The summed E-state index contributed by atoms with van der Waals surface area (Å²) >= 11 is 5.92. The topological polar surface area (TPSA) is 118 Å². The monoisotopic (exact) mass is 337 g/mol. The van der Waals surface area contributed by atoms with Crippen molar-refractivity contribution in [1.82, 2.24) is 9.97 Å². The third-order valence-electron chi connectivity index (χ3n) is 2.83. The molecule has 1 heterocycles. The molecule has 0 atom stereocenters. The molecule has 0 saturated heterocycles. The van der Waals surface area contributed by atoms with Gasteiger partial charge in [0.05, 0.1) is 11.5 Å². The molecule has 1 aromatic heterocycles. The van der Waals surface area contributed by atoms with Crippen molar-refractivity contribution in [3.63, 3.8) is 0 Å². The molecule has 0 aliphatic heterocycles. The van der Waals surface area contributed by atoms with Crippen LogP contribution in [-0.4, -0.2) is 21.5 Å². The molecule has 0 radical (unpaired) electrons. The van der Waals surface area contributed by atoms with E-state index in [1.54, 1.807) is 25.1 Å². The lowest BCUT2D eigenvalue weighted by Gasteiger charge is -2.07. The molecule has 2 aromatic rings. The minimum atomic E-state index is -1.07. The van der Waals surface area contributed by atoms with Gasteiger partial charge in [0.2, 0.25) is 0 Å². The van der Waals surface area contributed by atoms with Crippen LogP contribution in [0, 0.1) is 10.1 Å². The summed E-state index contributed by atoms with van der Waals surface area (Å²) in [6.45, 7) is 2.23. The number of halogens is 1. The summed E-state index contributed by atoms with van der Waals surface area (Å²) in [5, 5.41) is 11.4. The summed E-state index contributed by atoms with van der Waals surface area (Å²) in [5.74, 6) is 0.517. The summed E-state index contributed by atoms with van der Waals surface area (Å²) in [6.07, 6.45) is 2.72. The fraction of sp³-hybridized carbons (Fsp3) is 0.143. The van der Waals surface area contributed by atoms with Gasteiger partial charge in [-0.15, -0.1) is 0 Å². The molecular formula is C14H12ClN3O5. The maximum atomic E-state index is 11.5. The van der Waals surface area contributed by atoms with Crippen molar-refractivity contribution < 1.29 is 9.66 Å². The number of aromatic amines is 2. The SMILES string of the molecule is CCOc1ccc(Cl)cc1C=Cc1[nH]c(=O)[nH]c(=O)c1[N+](=O)[O-]. The second-order valence-corrected chi connectivity index (χ2v) is 4.81. The Morgan fingerprint density at radius 1 is 1.30 bits per heavy atom. The Kier molecular flexibility index (Phi) is 4.97. The zero-order valence-electron chi connectivity index (χ0n) is 12.0. The van der Waals surface area contributed by atoms with Gasteiger partial charge in [-0.05, 0) is 37.3 Å². The average molecular weight is 338 g/mol. The summed E-state index contributed by atoms with van der Waals surface area (Å²) in [7, 11) is 0. The van der Waals surface area contributed by atoms with Crippen LogP contribution < -0.4 is 16.0 Å². The summed E-state index contributed by atoms with van der Waals surface area (Å²) in [5.41, 5.74) is -2.33. The van der Waals surface area contributed by atoms with Gasteiger partial charge < -0.3 is 9.72 Å². The molecule has 2 N–H and O–H groups in total. The van der Waals surface area contributed by atoms with E-state index in [2.05, 4.69) is 4.98 Å². The predicted molar refractivity (Wildman–Crippen MR) is 85.9 cm³/mol. The second-order valence-electron chi connectivity index (χ2n) is 4.38. The summed E-state index contributed by atoms with van der Waals surface area (Å²) in [4.78, 5) is 37.0. The zero-order chi connectivity index (χ0) is 17.0. The van der Waals surface area contributed by atoms with Gasteiger partial charge in [-0.1, -0.05) is 11.6 Å². The molecule has 0 fully saturated rings. The van der Waals surface area contributed by atoms with E-state index in [0.29, 0.717) is 22.9 Å². The molecule has 0 aliphatic carbocycles. The van der Waals surface area contributed by atoms with Crippen LogP contribution >= 0.6 is 11.6 Å². The van der Waals surface area contributed by atoms with Crippen LogP contribution in [0.15, 0.2) is 27.8 Å². The van der Waals surface area contributed by atoms with Crippen LogP contribution in [0.3, 0.4) is 0 Å². The Hall–Kier alpha value is -2.87. The van der Waals surface area contributed by atoms with E-state index in [1.807, 2.05) is 4.98 Å². The van der Waals surface area contributed by atoms with Crippen molar-refractivity contribution in [2.75, 3.05) is 6.61 Å². The molecule has 23 heavy (non-hydrogen) atoms. The lowest BCUT2D eigenvalue weighted by molar-refractivity contribution is -0.386. The Bertz CT molecular complexity index is 885. The van der Waals surface area contributed by atoms with Gasteiger partial charge in [-0.2, -0.15) is 0 Å². The average Bonchev–Trinajstić information content (AvgIpc) is 2.46. The Morgan fingerprint density at radius 2 is 2.04 bits per heavy atom. The Balaban J connectivity index is 2.53. The highest BCUT2D eigenvalue weighted by molar-refractivity contribution is 6.30. The van der Waals surface area contributed by atoms with E-state index < -0.39 is 21.9 Å². The third kappa shape index (κ3) is 3.86. The number of hydrogen-bond donors (Lipinski definition) is 2. The van der Waals surface area contributed by atoms with Crippen molar-refractivity contribution in [2.24, 2.45) is 0 Å². The Labute approximate surface area is 134 Å². The third-order valence-corrected chi connectivity index (χ3v) is 3.06. The number of nitrogens with zero attached hydrogens (tertiary/aromatic N) is 1. The first-order valence-corrected chi connectivity index (χ1v) is 6.91. The molecule has 0 bridgehead atoms. The quantitative estimate of drug-likeness (QED) is 0.640. The van der Waals surface area contributed by atoms with Crippen LogP contribution in [0.25, 0.3) is 12.2 Å². The smallest absolute Gasteiger partial charge is 0.357 e. The standard InChI is InChI=1S/C14H12ClN3O5/c1-2-23-11-6-4-9(15)7-8(11)3-5-10-12(18(21)22)13(19)17-14(20)16-10/h3-7H,2H2,1H3,(H2,16,17,19,20). The molecule has 8 nitrogen and oxygen atoms in total. The van der Waals surface area contributed by atoms with E-state index in [1.165, 1.54) is 12.2 Å². The van der Waals surface area contributed by atoms with E-state index in [0.717, 1.165) is 0 Å². The number of H-pyrrole nitrogens is 2. The molecule has 1 aromatic carbocycles. The first kappa shape index (κ1) is 16.5. The van der Waals surface area contributed by atoms with Crippen molar-refractivity contribution in [1.29, 1.82) is 0 Å². The van der Waals surface area contributed by atoms with Crippen LogP contribution in [0.1, 0.15) is 18.2 Å². The van der Waals surface area contributed by atoms with E-state index in [4.69, 9.17) is 16.3 Å². The first-order valence-electron chi connectivity index (χ1n) is 6.53. The highest BCUT2D eigenvalue weighted by atomic mass is 35.5. The number of nitro groups is 1. The van der Waals surface area contributed by atoms with Crippen molar-refractivity contribution in [3.8, 4) is 5.75 Å². The highest BCUT2D eigenvalue weighted by Crippen LogP contribution is 2.25. The van der Waals surface area contributed by atoms with Crippen LogP contribution in [0.4, 0.5) is 5.69 Å². The number of hydrogen-bond acceptors (Lipinski definition) is 5. The maximum absolute atomic E-state index is 11.5. The number of nitrogens with one attached hydrogen (secondary N) is 2. The van der Waals surface area contributed by atoms with Gasteiger partial charge in [0.1, 0.15) is 11.4 Å². The number of aromatic nitrogens is 2. The van der Waals surface area contributed by atoms with Crippen molar-refractivity contribution >= 4 is 29.4 Å². The summed E-state index contributed by atoms with van der Waals surface area (Å²) in [6, 6.07) is 4.89. The molecule has 9 heteroatoms. The van der Waals surface area contributed by atoms with Crippen LogP contribution in [-0.2, 0) is 0 Å². The van der Waals surface area contributed by atoms with Gasteiger partial charge in [0.25, 0.3) is 0 Å². The van der Waals surface area contributed by atoms with Crippen molar-refractivity contribution in [3.05, 3.63) is 65.4 Å². The molecule has 120 valence electrons. The zero-order valence-corrected chi connectivity index (χ0v) is 12.7. The van der Waals surface area contributed by atoms with Gasteiger partial charge in [0, 0.05) is 10.6 Å². The second kappa shape index (κ2) is 6.93. The lowest BCUT2D eigenvalue weighted by atomic mass is 10.1. The first-order chi connectivity index (χ1) is 10.9.